The van der Waals surface area contributed by atoms with Gasteiger partial charge in [-0.05, 0) is 41.1 Å². The highest BCUT2D eigenvalue weighted by Gasteiger charge is 2.35. The summed E-state index contributed by atoms with van der Waals surface area (Å²) < 4.78 is 66.8. The molecule has 0 aliphatic rings. The van der Waals surface area contributed by atoms with Gasteiger partial charge >= 0.3 is 6.18 Å². The molecule has 0 aliphatic heterocycles. The van der Waals surface area contributed by atoms with Gasteiger partial charge in [-0.1, -0.05) is 48.0 Å². The summed E-state index contributed by atoms with van der Waals surface area (Å²) in [7, 11) is -4.13. The molecule has 0 aromatic heterocycles. The molecule has 3 rings (SSSR count). The molecule has 0 atom stereocenters. The van der Waals surface area contributed by atoms with Gasteiger partial charge in [0.1, 0.15) is 0 Å². The van der Waals surface area contributed by atoms with Crippen molar-refractivity contribution in [1.29, 1.82) is 0 Å². The zero-order valence-corrected chi connectivity index (χ0v) is 16.0. The third-order valence-corrected chi connectivity index (χ3v) is 6.27. The van der Waals surface area contributed by atoms with Gasteiger partial charge < -0.3 is 0 Å². The van der Waals surface area contributed by atoms with Gasteiger partial charge in [-0.2, -0.15) is 13.2 Å². The summed E-state index contributed by atoms with van der Waals surface area (Å²) >= 11 is 5.65. The lowest BCUT2D eigenvalue weighted by atomic mass is 10.1. The van der Waals surface area contributed by atoms with Gasteiger partial charge in [-0.15, -0.1) is 6.58 Å². The van der Waals surface area contributed by atoms with E-state index in [9.17, 15) is 21.6 Å². The Kier molecular flexibility index (Phi) is 5.41. The first-order valence-corrected chi connectivity index (χ1v) is 9.95. The number of nitrogens with zero attached hydrogens (tertiary/aromatic N) is 1. The third kappa shape index (κ3) is 3.86. The molecule has 0 unspecified atom stereocenters. The van der Waals surface area contributed by atoms with Crippen LogP contribution in [0.3, 0.4) is 0 Å². The predicted octanol–water partition coefficient (Wildman–Crippen LogP) is 5.89. The Morgan fingerprint density at radius 2 is 1.68 bits per heavy atom. The van der Waals surface area contributed by atoms with Gasteiger partial charge in [0.15, 0.2) is 0 Å². The molecule has 3 nitrogen and oxygen atoms in total. The van der Waals surface area contributed by atoms with Gasteiger partial charge in [0.2, 0.25) is 0 Å². The Morgan fingerprint density at radius 1 is 1.00 bits per heavy atom. The van der Waals surface area contributed by atoms with Crippen LogP contribution in [0.4, 0.5) is 18.9 Å². The lowest BCUT2D eigenvalue weighted by Crippen LogP contribution is -2.31. The molecule has 0 radical (unpaired) electrons. The van der Waals surface area contributed by atoms with Crippen LogP contribution in [-0.2, 0) is 16.2 Å². The first-order chi connectivity index (χ1) is 13.1. The standard InChI is InChI=1S/C20H15ClF3NO2S/c1-2-11-25(16-8-10-19(21)18(13-16)20(22,23)24)28(26,27)17-9-7-14-5-3-4-6-15(14)12-17/h2-10,12-13H,1,11H2. The molecule has 0 amide bonds. The van der Waals surface area contributed by atoms with Crippen molar-refractivity contribution < 1.29 is 21.6 Å². The first-order valence-electron chi connectivity index (χ1n) is 8.14. The Hall–Kier alpha value is -2.51. The van der Waals surface area contributed by atoms with Gasteiger partial charge in [0.25, 0.3) is 10.0 Å². The average Bonchev–Trinajstić information content (AvgIpc) is 2.65. The Morgan fingerprint density at radius 3 is 2.32 bits per heavy atom. The van der Waals surface area contributed by atoms with Crippen LogP contribution in [0.15, 0.2) is 78.2 Å². The number of hydrogen-bond donors (Lipinski definition) is 0. The summed E-state index contributed by atoms with van der Waals surface area (Å²) in [6.07, 6.45) is -3.40. The van der Waals surface area contributed by atoms with Crippen molar-refractivity contribution >= 4 is 38.1 Å². The fourth-order valence-corrected chi connectivity index (χ4v) is 4.49. The topological polar surface area (TPSA) is 37.4 Å². The molecular formula is C20H15ClF3NO2S. The highest BCUT2D eigenvalue weighted by atomic mass is 35.5. The summed E-state index contributed by atoms with van der Waals surface area (Å²) in [4.78, 5) is -0.0310. The van der Waals surface area contributed by atoms with E-state index >= 15 is 0 Å². The number of benzene rings is 3. The van der Waals surface area contributed by atoms with E-state index in [1.807, 2.05) is 12.1 Å². The zero-order chi connectivity index (χ0) is 20.5. The van der Waals surface area contributed by atoms with Crippen LogP contribution >= 0.6 is 11.6 Å². The molecule has 146 valence electrons. The predicted molar refractivity (Wildman–Crippen MR) is 105 cm³/mol. The Bertz CT molecular complexity index is 1140. The monoisotopic (exact) mass is 425 g/mol. The van der Waals surface area contributed by atoms with E-state index in [2.05, 4.69) is 6.58 Å². The average molecular weight is 426 g/mol. The van der Waals surface area contributed by atoms with E-state index < -0.39 is 26.8 Å². The van der Waals surface area contributed by atoms with E-state index in [-0.39, 0.29) is 17.1 Å². The smallest absolute Gasteiger partial charge is 0.263 e. The molecule has 0 fully saturated rings. The van der Waals surface area contributed by atoms with Crippen LogP contribution in [-0.4, -0.2) is 15.0 Å². The molecule has 0 spiro atoms. The van der Waals surface area contributed by atoms with Crippen molar-refractivity contribution in [3.8, 4) is 0 Å². The zero-order valence-electron chi connectivity index (χ0n) is 14.4. The van der Waals surface area contributed by atoms with E-state index in [1.54, 1.807) is 18.2 Å². The second-order valence-electron chi connectivity index (χ2n) is 6.00. The van der Waals surface area contributed by atoms with E-state index in [0.717, 1.165) is 21.8 Å². The second kappa shape index (κ2) is 7.48. The van der Waals surface area contributed by atoms with Crippen LogP contribution < -0.4 is 4.31 Å². The number of halogens is 4. The van der Waals surface area contributed by atoms with Gasteiger partial charge in [-0.25, -0.2) is 8.42 Å². The summed E-state index contributed by atoms with van der Waals surface area (Å²) in [6, 6.07) is 14.8. The summed E-state index contributed by atoms with van der Waals surface area (Å²) in [5.74, 6) is 0. The van der Waals surface area contributed by atoms with E-state index in [0.29, 0.717) is 5.39 Å². The SMILES string of the molecule is C=CCN(c1ccc(Cl)c(C(F)(F)F)c1)S(=O)(=O)c1ccc2ccccc2c1. The first kappa shape index (κ1) is 20.2. The quantitative estimate of drug-likeness (QED) is 0.478. The summed E-state index contributed by atoms with van der Waals surface area (Å²) in [5, 5.41) is 1.05. The molecular weight excluding hydrogens is 411 g/mol. The third-order valence-electron chi connectivity index (χ3n) is 4.15. The fourth-order valence-electron chi connectivity index (χ4n) is 2.80. The minimum atomic E-state index is -4.71. The Labute approximate surface area is 165 Å². The number of anilines is 1. The van der Waals surface area contributed by atoms with Gasteiger partial charge in [0, 0.05) is 0 Å². The van der Waals surface area contributed by atoms with Crippen molar-refractivity contribution in [2.24, 2.45) is 0 Å². The number of alkyl halides is 3. The highest BCUT2D eigenvalue weighted by Crippen LogP contribution is 2.38. The molecule has 0 bridgehead atoms. The molecule has 3 aromatic rings. The minimum Gasteiger partial charge on any atom is -0.263 e. The van der Waals surface area contributed by atoms with Crippen LogP contribution in [0.1, 0.15) is 5.56 Å². The second-order valence-corrected chi connectivity index (χ2v) is 8.27. The molecule has 0 heterocycles. The minimum absolute atomic E-state index is 0.0310. The van der Waals surface area contributed by atoms with E-state index in [1.165, 1.54) is 24.3 Å². The van der Waals surface area contributed by atoms with Crippen molar-refractivity contribution in [1.82, 2.24) is 0 Å². The van der Waals surface area contributed by atoms with Crippen molar-refractivity contribution in [2.45, 2.75) is 11.1 Å². The lowest BCUT2D eigenvalue weighted by molar-refractivity contribution is -0.137. The Balaban J connectivity index is 2.14. The van der Waals surface area contributed by atoms with Crippen molar-refractivity contribution in [3.05, 3.63) is 83.9 Å². The van der Waals surface area contributed by atoms with Crippen LogP contribution in [0.2, 0.25) is 5.02 Å². The maximum Gasteiger partial charge on any atom is 0.417 e. The molecule has 0 aliphatic carbocycles. The highest BCUT2D eigenvalue weighted by molar-refractivity contribution is 7.92. The number of sulfonamides is 1. The molecule has 0 N–H and O–H groups in total. The number of hydrogen-bond acceptors (Lipinski definition) is 2. The lowest BCUT2D eigenvalue weighted by Gasteiger charge is -2.24. The summed E-state index contributed by atoms with van der Waals surface area (Å²) in [5.41, 5.74) is -1.25. The maximum atomic E-state index is 13.2. The normalized spacial score (nSPS) is 12.1. The molecule has 0 saturated carbocycles. The molecule has 28 heavy (non-hydrogen) atoms. The fraction of sp³-hybridized carbons (Fsp3) is 0.100. The largest absolute Gasteiger partial charge is 0.417 e. The summed E-state index contributed by atoms with van der Waals surface area (Å²) in [6.45, 7) is 3.32. The van der Waals surface area contributed by atoms with Gasteiger partial charge in [-0.3, -0.25) is 4.31 Å². The van der Waals surface area contributed by atoms with Crippen LogP contribution in [0.25, 0.3) is 10.8 Å². The molecule has 8 heteroatoms. The van der Waals surface area contributed by atoms with Crippen LogP contribution in [0.5, 0.6) is 0 Å². The van der Waals surface area contributed by atoms with Crippen LogP contribution in [0, 0.1) is 0 Å². The van der Waals surface area contributed by atoms with Crippen molar-refractivity contribution in [2.75, 3.05) is 10.8 Å². The van der Waals surface area contributed by atoms with Gasteiger partial charge in [0.05, 0.1) is 27.7 Å². The molecule has 0 saturated heterocycles. The molecule has 3 aromatic carbocycles. The van der Waals surface area contributed by atoms with Crippen molar-refractivity contribution in [3.63, 3.8) is 0 Å². The number of rotatable bonds is 5. The number of fused-ring (bicyclic) bond motifs is 1. The van der Waals surface area contributed by atoms with E-state index in [4.69, 9.17) is 11.6 Å². The maximum absolute atomic E-state index is 13.2.